The Hall–Kier alpha value is -1.55. The van der Waals surface area contributed by atoms with Crippen LogP contribution in [0.1, 0.15) is 33.3 Å². The van der Waals surface area contributed by atoms with Crippen LogP contribution in [0, 0.1) is 0 Å². The zero-order valence-corrected chi connectivity index (χ0v) is 11.4. The number of nitrogens with one attached hydrogen (secondary N) is 2. The van der Waals surface area contributed by atoms with E-state index >= 15 is 0 Å². The highest BCUT2D eigenvalue weighted by atomic mass is 16.3. The van der Waals surface area contributed by atoms with Gasteiger partial charge in [0.25, 0.3) is 0 Å². The summed E-state index contributed by atoms with van der Waals surface area (Å²) in [4.78, 5) is 11.5. The summed E-state index contributed by atoms with van der Waals surface area (Å²) < 4.78 is 0. The lowest BCUT2D eigenvalue weighted by Crippen LogP contribution is -2.34. The normalized spacial score (nSPS) is 12.9. The topological polar surface area (TPSA) is 61.4 Å². The predicted molar refractivity (Wildman–Crippen MR) is 73.8 cm³/mol. The number of benzene rings is 1. The molecular weight excluding hydrogens is 228 g/mol. The van der Waals surface area contributed by atoms with Crippen molar-refractivity contribution in [3.8, 4) is 0 Å². The largest absolute Gasteiger partial charge is 0.392 e. The lowest BCUT2D eigenvalue weighted by atomic mass is 9.87. The van der Waals surface area contributed by atoms with Gasteiger partial charge in [-0.25, -0.2) is 4.79 Å². The average molecular weight is 250 g/mol. The molecule has 0 aliphatic heterocycles. The molecule has 0 spiro atoms. The fourth-order valence-corrected chi connectivity index (χ4v) is 1.47. The Kier molecular flexibility index (Phi) is 4.73. The summed E-state index contributed by atoms with van der Waals surface area (Å²) in [5, 5.41) is 14.3. The number of carbonyl (C=O) groups is 1. The molecule has 0 aromatic heterocycles. The molecule has 0 fully saturated rings. The fourth-order valence-electron chi connectivity index (χ4n) is 1.47. The summed E-state index contributed by atoms with van der Waals surface area (Å²) in [5.74, 6) is 0. The summed E-state index contributed by atoms with van der Waals surface area (Å²) in [6, 6.07) is 7.46. The van der Waals surface area contributed by atoms with Crippen LogP contribution in [-0.2, 0) is 5.41 Å². The molecule has 0 saturated carbocycles. The second-order valence-electron chi connectivity index (χ2n) is 5.51. The van der Waals surface area contributed by atoms with Crippen LogP contribution in [-0.4, -0.2) is 23.8 Å². The van der Waals surface area contributed by atoms with Crippen LogP contribution in [0.15, 0.2) is 24.3 Å². The van der Waals surface area contributed by atoms with Crippen LogP contribution in [0.5, 0.6) is 0 Å². The van der Waals surface area contributed by atoms with Gasteiger partial charge in [-0.15, -0.1) is 0 Å². The number of amides is 2. The Bertz CT molecular complexity index is 391. The van der Waals surface area contributed by atoms with Crippen molar-refractivity contribution in [3.63, 3.8) is 0 Å². The maximum Gasteiger partial charge on any atom is 0.319 e. The molecule has 2 amide bonds. The number of urea groups is 1. The maximum absolute atomic E-state index is 11.5. The van der Waals surface area contributed by atoms with Crippen molar-refractivity contribution in [3.05, 3.63) is 29.8 Å². The van der Waals surface area contributed by atoms with Gasteiger partial charge in [0.1, 0.15) is 0 Å². The highest BCUT2D eigenvalue weighted by Crippen LogP contribution is 2.23. The molecule has 0 saturated heterocycles. The first-order valence-electron chi connectivity index (χ1n) is 6.12. The van der Waals surface area contributed by atoms with Gasteiger partial charge < -0.3 is 15.7 Å². The summed E-state index contributed by atoms with van der Waals surface area (Å²) in [6.07, 6.45) is -0.543. The van der Waals surface area contributed by atoms with Gasteiger partial charge in [0.2, 0.25) is 0 Å². The van der Waals surface area contributed by atoms with E-state index in [9.17, 15) is 4.79 Å². The van der Waals surface area contributed by atoms with Crippen molar-refractivity contribution >= 4 is 11.7 Å². The minimum atomic E-state index is -0.543. The number of rotatable bonds is 3. The number of hydrogen-bond donors (Lipinski definition) is 3. The van der Waals surface area contributed by atoms with Crippen molar-refractivity contribution in [2.24, 2.45) is 0 Å². The van der Waals surface area contributed by atoms with Crippen LogP contribution < -0.4 is 10.6 Å². The molecule has 1 atom stereocenters. The second-order valence-corrected chi connectivity index (χ2v) is 5.51. The molecule has 1 aromatic carbocycles. The number of carbonyl (C=O) groups excluding carboxylic acids is 1. The van der Waals surface area contributed by atoms with Crippen molar-refractivity contribution in [1.29, 1.82) is 0 Å². The van der Waals surface area contributed by atoms with Crippen molar-refractivity contribution < 1.29 is 9.90 Å². The molecule has 1 rings (SSSR count). The van der Waals surface area contributed by atoms with E-state index in [0.29, 0.717) is 0 Å². The summed E-state index contributed by atoms with van der Waals surface area (Å²) in [5.41, 5.74) is 2.07. The first kappa shape index (κ1) is 14.5. The van der Waals surface area contributed by atoms with Gasteiger partial charge in [0, 0.05) is 12.2 Å². The summed E-state index contributed by atoms with van der Waals surface area (Å²) in [7, 11) is 0. The summed E-state index contributed by atoms with van der Waals surface area (Å²) >= 11 is 0. The molecular formula is C14H22N2O2. The Morgan fingerprint density at radius 1 is 1.28 bits per heavy atom. The molecule has 1 unspecified atom stereocenters. The Balaban J connectivity index is 2.56. The first-order valence-corrected chi connectivity index (χ1v) is 6.12. The van der Waals surface area contributed by atoms with E-state index < -0.39 is 6.10 Å². The van der Waals surface area contributed by atoms with E-state index in [1.165, 1.54) is 5.56 Å². The predicted octanol–water partition coefficient (Wildman–Crippen LogP) is 2.49. The molecule has 0 radical (unpaired) electrons. The molecule has 0 aliphatic rings. The third-order valence-electron chi connectivity index (χ3n) is 2.57. The van der Waals surface area contributed by atoms with Gasteiger partial charge in [-0.1, -0.05) is 32.9 Å². The molecule has 4 nitrogen and oxygen atoms in total. The van der Waals surface area contributed by atoms with E-state index in [0.717, 1.165) is 5.69 Å². The Labute approximate surface area is 108 Å². The maximum atomic E-state index is 11.5. The van der Waals surface area contributed by atoms with E-state index in [2.05, 4.69) is 31.4 Å². The first-order chi connectivity index (χ1) is 8.29. The van der Waals surface area contributed by atoms with E-state index in [1.807, 2.05) is 24.3 Å². The number of aliphatic hydroxyl groups excluding tert-OH is 1. The average Bonchev–Trinajstić information content (AvgIpc) is 2.26. The highest BCUT2D eigenvalue weighted by Gasteiger charge is 2.13. The molecule has 1 aromatic rings. The lowest BCUT2D eigenvalue weighted by molar-refractivity contribution is 0.190. The van der Waals surface area contributed by atoms with Crippen LogP contribution in [0.3, 0.4) is 0 Å². The zero-order chi connectivity index (χ0) is 13.8. The number of aliphatic hydroxyl groups is 1. The minimum Gasteiger partial charge on any atom is -0.392 e. The number of anilines is 1. The molecule has 0 heterocycles. The van der Waals surface area contributed by atoms with E-state index in [4.69, 9.17) is 5.11 Å². The second kappa shape index (κ2) is 5.87. The number of hydrogen-bond acceptors (Lipinski definition) is 2. The molecule has 18 heavy (non-hydrogen) atoms. The van der Waals surface area contributed by atoms with Gasteiger partial charge in [-0.05, 0) is 30.0 Å². The monoisotopic (exact) mass is 250 g/mol. The molecule has 100 valence electrons. The van der Waals surface area contributed by atoms with Crippen LogP contribution >= 0.6 is 0 Å². The van der Waals surface area contributed by atoms with Crippen molar-refractivity contribution in [2.75, 3.05) is 11.9 Å². The van der Waals surface area contributed by atoms with Crippen LogP contribution in [0.2, 0.25) is 0 Å². The summed E-state index contributed by atoms with van der Waals surface area (Å²) in [6.45, 7) is 8.30. The Morgan fingerprint density at radius 2 is 1.83 bits per heavy atom. The third kappa shape index (κ3) is 4.75. The van der Waals surface area contributed by atoms with E-state index in [1.54, 1.807) is 6.92 Å². The van der Waals surface area contributed by atoms with Crippen molar-refractivity contribution in [1.82, 2.24) is 5.32 Å². The fraction of sp³-hybridized carbons (Fsp3) is 0.500. The lowest BCUT2D eigenvalue weighted by Gasteiger charge is -2.19. The van der Waals surface area contributed by atoms with Crippen molar-refractivity contribution in [2.45, 2.75) is 39.2 Å². The molecule has 0 bridgehead atoms. The smallest absolute Gasteiger partial charge is 0.319 e. The SMILES string of the molecule is CC(O)CNC(=O)Nc1ccc(C(C)(C)C)cc1. The van der Waals surface area contributed by atoms with Crippen LogP contribution in [0.25, 0.3) is 0 Å². The zero-order valence-electron chi connectivity index (χ0n) is 11.4. The van der Waals surface area contributed by atoms with Gasteiger partial charge in [-0.3, -0.25) is 0 Å². The van der Waals surface area contributed by atoms with Gasteiger partial charge >= 0.3 is 6.03 Å². The third-order valence-corrected chi connectivity index (χ3v) is 2.57. The highest BCUT2D eigenvalue weighted by molar-refractivity contribution is 5.89. The molecule has 0 aliphatic carbocycles. The van der Waals surface area contributed by atoms with Gasteiger partial charge in [0.15, 0.2) is 0 Å². The van der Waals surface area contributed by atoms with Gasteiger partial charge in [-0.2, -0.15) is 0 Å². The quantitative estimate of drug-likeness (QED) is 0.771. The Morgan fingerprint density at radius 3 is 2.28 bits per heavy atom. The van der Waals surface area contributed by atoms with Gasteiger partial charge in [0.05, 0.1) is 6.10 Å². The van der Waals surface area contributed by atoms with E-state index in [-0.39, 0.29) is 18.0 Å². The van der Waals surface area contributed by atoms with Crippen LogP contribution in [0.4, 0.5) is 10.5 Å². The molecule has 4 heteroatoms. The molecule has 3 N–H and O–H groups in total. The minimum absolute atomic E-state index is 0.104. The standard InChI is InChI=1S/C14H22N2O2/c1-10(17)9-15-13(18)16-12-7-5-11(6-8-12)14(2,3)4/h5-8,10,17H,9H2,1-4H3,(H2,15,16,18).